The maximum Gasteiger partial charge on any atom is 0.191 e. The molecule has 3 aromatic rings. The molecular weight excluding hydrogens is 532 g/mol. The number of anilines is 1. The number of guanidine groups is 1. The molecule has 2 aromatic heterocycles. The normalized spacial score (nSPS) is 14.9. The predicted molar refractivity (Wildman–Crippen MR) is 144 cm³/mol. The largest absolute Gasteiger partial charge is 0.361 e. The molecule has 1 saturated heterocycles. The number of aromatic amines is 1. The van der Waals surface area contributed by atoms with E-state index in [-0.39, 0.29) is 29.8 Å². The molecule has 7 nitrogen and oxygen atoms in total. The molecule has 0 radical (unpaired) electrons. The quantitative estimate of drug-likeness (QED) is 0.233. The lowest BCUT2D eigenvalue weighted by atomic mass is 10.1. The Balaban J connectivity index is 0.00000306. The SMILES string of the molecule is CCNC(=NCc1ccnc(N2CCN(C)CC2)c1)NCCc1c[nH]c2ccc(F)cc12.I. The third-order valence-electron chi connectivity index (χ3n) is 5.82. The van der Waals surface area contributed by atoms with Crippen LogP contribution in [0.25, 0.3) is 10.9 Å². The summed E-state index contributed by atoms with van der Waals surface area (Å²) in [5.74, 6) is 1.58. The molecule has 0 saturated carbocycles. The molecule has 3 heterocycles. The van der Waals surface area contributed by atoms with Crippen molar-refractivity contribution in [2.75, 3.05) is 51.2 Å². The lowest BCUT2D eigenvalue weighted by molar-refractivity contribution is 0.312. The third kappa shape index (κ3) is 6.80. The first kappa shape index (κ1) is 25.2. The number of likely N-dealkylation sites (N-methyl/N-ethyl adjacent to an activating group) is 1. The molecule has 33 heavy (non-hydrogen) atoms. The second kappa shape index (κ2) is 12.2. The van der Waals surface area contributed by atoms with Gasteiger partial charge in [0.2, 0.25) is 0 Å². The zero-order chi connectivity index (χ0) is 22.3. The summed E-state index contributed by atoms with van der Waals surface area (Å²) in [6, 6.07) is 9.00. The zero-order valence-corrected chi connectivity index (χ0v) is 21.6. The van der Waals surface area contributed by atoms with Gasteiger partial charge in [-0.2, -0.15) is 0 Å². The number of halogens is 2. The highest BCUT2D eigenvalue weighted by molar-refractivity contribution is 14.0. The van der Waals surface area contributed by atoms with Crippen LogP contribution in [-0.4, -0.2) is 67.1 Å². The van der Waals surface area contributed by atoms with Crippen molar-refractivity contribution >= 4 is 46.7 Å². The molecular formula is C24H33FIN7. The molecule has 0 aliphatic carbocycles. The van der Waals surface area contributed by atoms with Crippen molar-refractivity contribution in [2.45, 2.75) is 19.9 Å². The van der Waals surface area contributed by atoms with Gasteiger partial charge in [0, 0.05) is 62.6 Å². The van der Waals surface area contributed by atoms with Crippen molar-refractivity contribution in [3.8, 4) is 0 Å². The molecule has 4 rings (SSSR count). The summed E-state index contributed by atoms with van der Waals surface area (Å²) < 4.78 is 13.6. The van der Waals surface area contributed by atoms with E-state index in [1.165, 1.54) is 6.07 Å². The van der Waals surface area contributed by atoms with Crippen molar-refractivity contribution < 1.29 is 4.39 Å². The van der Waals surface area contributed by atoms with Crippen molar-refractivity contribution in [1.29, 1.82) is 0 Å². The minimum absolute atomic E-state index is 0. The van der Waals surface area contributed by atoms with Gasteiger partial charge >= 0.3 is 0 Å². The summed E-state index contributed by atoms with van der Waals surface area (Å²) in [6.07, 6.45) is 4.60. The summed E-state index contributed by atoms with van der Waals surface area (Å²) in [5.41, 5.74) is 3.18. The Morgan fingerprint density at radius 2 is 1.97 bits per heavy atom. The minimum atomic E-state index is -0.213. The van der Waals surface area contributed by atoms with Crippen LogP contribution in [0.4, 0.5) is 10.2 Å². The van der Waals surface area contributed by atoms with E-state index >= 15 is 0 Å². The van der Waals surface area contributed by atoms with Gasteiger partial charge in [0.25, 0.3) is 0 Å². The standard InChI is InChI=1S/C24H32FN7.HI/c1-3-26-24(28-9-7-19-17-29-22-5-4-20(25)15-21(19)22)30-16-18-6-8-27-23(14-18)32-12-10-31(2)11-13-32;/h4-6,8,14-15,17,29H,3,7,9-13,16H2,1-2H3,(H2,26,28,30);1H. The first-order chi connectivity index (χ1) is 15.6. The summed E-state index contributed by atoms with van der Waals surface area (Å²) in [4.78, 5) is 17.2. The first-order valence-electron chi connectivity index (χ1n) is 11.3. The van der Waals surface area contributed by atoms with E-state index in [1.807, 2.05) is 18.5 Å². The van der Waals surface area contributed by atoms with Gasteiger partial charge in [-0.15, -0.1) is 24.0 Å². The monoisotopic (exact) mass is 565 g/mol. The summed E-state index contributed by atoms with van der Waals surface area (Å²) in [5, 5.41) is 7.63. The summed E-state index contributed by atoms with van der Waals surface area (Å²) >= 11 is 0. The molecule has 0 spiro atoms. The maximum absolute atomic E-state index is 13.6. The number of hydrogen-bond donors (Lipinski definition) is 3. The van der Waals surface area contributed by atoms with E-state index in [1.54, 1.807) is 12.1 Å². The molecule has 3 N–H and O–H groups in total. The van der Waals surface area contributed by atoms with Gasteiger partial charge in [-0.05, 0) is 61.9 Å². The Labute approximate surface area is 211 Å². The van der Waals surface area contributed by atoms with Crippen LogP contribution in [0.5, 0.6) is 0 Å². The van der Waals surface area contributed by atoms with Crippen LogP contribution in [0, 0.1) is 5.82 Å². The molecule has 1 aliphatic heterocycles. The van der Waals surface area contributed by atoms with Crippen LogP contribution in [-0.2, 0) is 13.0 Å². The van der Waals surface area contributed by atoms with Gasteiger partial charge in [0.15, 0.2) is 5.96 Å². The van der Waals surface area contributed by atoms with Gasteiger partial charge in [0.1, 0.15) is 11.6 Å². The molecule has 178 valence electrons. The molecule has 1 fully saturated rings. The van der Waals surface area contributed by atoms with E-state index in [0.717, 1.165) is 73.0 Å². The number of H-pyrrole nitrogens is 1. The average Bonchev–Trinajstić information content (AvgIpc) is 3.20. The van der Waals surface area contributed by atoms with Gasteiger partial charge in [-0.3, -0.25) is 0 Å². The number of benzene rings is 1. The van der Waals surface area contributed by atoms with Crippen molar-refractivity contribution in [2.24, 2.45) is 4.99 Å². The van der Waals surface area contributed by atoms with E-state index in [2.05, 4.69) is 50.4 Å². The van der Waals surface area contributed by atoms with Crippen molar-refractivity contribution in [1.82, 2.24) is 25.5 Å². The molecule has 0 amide bonds. The zero-order valence-electron chi connectivity index (χ0n) is 19.3. The lowest BCUT2D eigenvalue weighted by Crippen LogP contribution is -2.44. The van der Waals surface area contributed by atoms with Gasteiger partial charge in [-0.25, -0.2) is 14.4 Å². The molecule has 0 atom stereocenters. The second-order valence-electron chi connectivity index (χ2n) is 8.19. The molecule has 0 unspecified atom stereocenters. The fourth-order valence-electron chi connectivity index (χ4n) is 3.95. The number of aliphatic imine (C=N–C) groups is 1. The fourth-order valence-corrected chi connectivity index (χ4v) is 3.95. The highest BCUT2D eigenvalue weighted by atomic mass is 127. The lowest BCUT2D eigenvalue weighted by Gasteiger charge is -2.33. The highest BCUT2D eigenvalue weighted by Crippen LogP contribution is 2.19. The topological polar surface area (TPSA) is 71.6 Å². The second-order valence-corrected chi connectivity index (χ2v) is 8.19. The first-order valence-corrected chi connectivity index (χ1v) is 11.3. The van der Waals surface area contributed by atoms with Crippen LogP contribution < -0.4 is 15.5 Å². The van der Waals surface area contributed by atoms with Gasteiger partial charge in [-0.1, -0.05) is 0 Å². The summed E-state index contributed by atoms with van der Waals surface area (Å²) in [7, 11) is 2.15. The van der Waals surface area contributed by atoms with Crippen molar-refractivity contribution in [3.05, 3.63) is 59.7 Å². The molecule has 1 aliphatic rings. The minimum Gasteiger partial charge on any atom is -0.361 e. The van der Waals surface area contributed by atoms with Gasteiger partial charge in [0.05, 0.1) is 6.54 Å². The highest BCUT2D eigenvalue weighted by Gasteiger charge is 2.15. The fraction of sp³-hybridized carbons (Fsp3) is 0.417. The van der Waals surface area contributed by atoms with E-state index in [9.17, 15) is 4.39 Å². The Bertz CT molecular complexity index is 1060. The number of nitrogens with zero attached hydrogens (tertiary/aromatic N) is 4. The number of piperazine rings is 1. The number of aromatic nitrogens is 2. The van der Waals surface area contributed by atoms with Crippen LogP contribution in [0.3, 0.4) is 0 Å². The predicted octanol–water partition coefficient (Wildman–Crippen LogP) is 3.37. The number of rotatable bonds is 7. The average molecular weight is 565 g/mol. The van der Waals surface area contributed by atoms with E-state index in [0.29, 0.717) is 13.1 Å². The number of hydrogen-bond acceptors (Lipinski definition) is 4. The van der Waals surface area contributed by atoms with Gasteiger partial charge < -0.3 is 25.4 Å². The number of fused-ring (bicyclic) bond motifs is 1. The number of nitrogens with one attached hydrogen (secondary N) is 3. The molecule has 0 bridgehead atoms. The Morgan fingerprint density at radius 3 is 2.76 bits per heavy atom. The Hall–Kier alpha value is -2.40. The summed E-state index contributed by atoms with van der Waals surface area (Å²) in [6.45, 7) is 8.24. The molecule has 1 aromatic carbocycles. The van der Waals surface area contributed by atoms with Crippen LogP contribution in [0.1, 0.15) is 18.1 Å². The van der Waals surface area contributed by atoms with Crippen LogP contribution in [0.15, 0.2) is 47.7 Å². The molecule has 9 heteroatoms. The van der Waals surface area contributed by atoms with Crippen LogP contribution >= 0.6 is 24.0 Å². The Kier molecular flexibility index (Phi) is 9.30. The van der Waals surface area contributed by atoms with Crippen LogP contribution in [0.2, 0.25) is 0 Å². The number of pyridine rings is 1. The van der Waals surface area contributed by atoms with E-state index in [4.69, 9.17) is 4.99 Å². The van der Waals surface area contributed by atoms with E-state index < -0.39 is 0 Å². The Morgan fingerprint density at radius 1 is 1.15 bits per heavy atom. The van der Waals surface area contributed by atoms with Crippen molar-refractivity contribution in [3.63, 3.8) is 0 Å². The smallest absolute Gasteiger partial charge is 0.191 e. The third-order valence-corrected chi connectivity index (χ3v) is 5.82. The maximum atomic E-state index is 13.6.